The fourth-order valence-electron chi connectivity index (χ4n) is 2.69. The van der Waals surface area contributed by atoms with Gasteiger partial charge in [0, 0.05) is 11.9 Å². The van der Waals surface area contributed by atoms with Crippen molar-refractivity contribution in [3.63, 3.8) is 0 Å². The quantitative estimate of drug-likeness (QED) is 0.882. The van der Waals surface area contributed by atoms with E-state index in [1.807, 2.05) is 24.3 Å². The third-order valence-corrected chi connectivity index (χ3v) is 4.52. The number of rotatable bonds is 5. The van der Waals surface area contributed by atoms with E-state index in [1.54, 1.807) is 0 Å². The molecule has 1 aromatic heterocycles. The summed E-state index contributed by atoms with van der Waals surface area (Å²) in [5.74, 6) is -0.0404. The Balaban J connectivity index is 1.95. The summed E-state index contributed by atoms with van der Waals surface area (Å²) < 4.78 is 0. The van der Waals surface area contributed by atoms with Gasteiger partial charge in [-0.05, 0) is 36.3 Å². The van der Waals surface area contributed by atoms with Crippen LogP contribution in [0.3, 0.4) is 0 Å². The third kappa shape index (κ3) is 2.55. The molecule has 1 aromatic carbocycles. The van der Waals surface area contributed by atoms with Crippen molar-refractivity contribution in [2.75, 3.05) is 11.9 Å². The van der Waals surface area contributed by atoms with Gasteiger partial charge in [-0.15, -0.1) is 0 Å². The molecule has 5 heteroatoms. The van der Waals surface area contributed by atoms with Gasteiger partial charge in [0.25, 0.3) is 0 Å². The van der Waals surface area contributed by atoms with E-state index in [4.69, 9.17) is 5.11 Å². The Morgan fingerprint density at radius 1 is 1.33 bits per heavy atom. The highest BCUT2D eigenvalue weighted by molar-refractivity contribution is 5.93. The van der Waals surface area contributed by atoms with Crippen LogP contribution in [-0.4, -0.2) is 27.6 Å². The van der Waals surface area contributed by atoms with Crippen LogP contribution in [0, 0.1) is 11.3 Å². The number of nitrogens with zero attached hydrogens (tertiary/aromatic N) is 2. The number of anilines is 1. The Morgan fingerprint density at radius 2 is 2.05 bits per heavy atom. The normalized spacial score (nSPS) is 16.1. The Kier molecular flexibility index (Phi) is 3.27. The molecule has 3 rings (SSSR count). The maximum atomic E-state index is 11.2. The molecular formula is C16H19N3O2. The molecule has 1 fully saturated rings. The zero-order valence-electron chi connectivity index (χ0n) is 12.3. The fourth-order valence-corrected chi connectivity index (χ4v) is 2.69. The molecule has 1 aliphatic carbocycles. The minimum Gasteiger partial charge on any atom is -0.475 e. The SMILES string of the molecule is CC(C)C1(CNc2nc(C(=O)O)nc3ccccc23)CC1. The summed E-state index contributed by atoms with van der Waals surface area (Å²) in [7, 11) is 0. The molecule has 2 N–H and O–H groups in total. The van der Waals surface area contributed by atoms with E-state index in [9.17, 15) is 4.79 Å². The van der Waals surface area contributed by atoms with Crippen molar-refractivity contribution in [1.82, 2.24) is 9.97 Å². The zero-order chi connectivity index (χ0) is 15.0. The number of para-hydroxylation sites is 1. The van der Waals surface area contributed by atoms with Gasteiger partial charge in [-0.2, -0.15) is 0 Å². The van der Waals surface area contributed by atoms with Crippen molar-refractivity contribution in [2.45, 2.75) is 26.7 Å². The zero-order valence-corrected chi connectivity index (χ0v) is 12.3. The first-order valence-electron chi connectivity index (χ1n) is 7.26. The van der Waals surface area contributed by atoms with Gasteiger partial charge in [0.15, 0.2) is 0 Å². The molecule has 110 valence electrons. The Hall–Kier alpha value is -2.17. The molecule has 0 saturated heterocycles. The van der Waals surface area contributed by atoms with Gasteiger partial charge in [-0.25, -0.2) is 14.8 Å². The highest BCUT2D eigenvalue weighted by atomic mass is 16.4. The third-order valence-electron chi connectivity index (χ3n) is 4.52. The highest BCUT2D eigenvalue weighted by Crippen LogP contribution is 2.51. The Labute approximate surface area is 123 Å². The van der Waals surface area contributed by atoms with Gasteiger partial charge >= 0.3 is 5.97 Å². The minimum atomic E-state index is -1.10. The molecule has 5 nitrogen and oxygen atoms in total. The predicted molar refractivity (Wildman–Crippen MR) is 81.5 cm³/mol. The first-order valence-corrected chi connectivity index (χ1v) is 7.26. The van der Waals surface area contributed by atoms with E-state index in [1.165, 1.54) is 12.8 Å². The van der Waals surface area contributed by atoms with Gasteiger partial charge in [0.05, 0.1) is 5.52 Å². The van der Waals surface area contributed by atoms with Crippen LogP contribution in [0.2, 0.25) is 0 Å². The fraction of sp³-hybridized carbons (Fsp3) is 0.438. The number of hydrogen-bond donors (Lipinski definition) is 2. The van der Waals surface area contributed by atoms with Crippen molar-refractivity contribution in [1.29, 1.82) is 0 Å². The second-order valence-corrected chi connectivity index (χ2v) is 6.09. The summed E-state index contributed by atoms with van der Waals surface area (Å²) >= 11 is 0. The molecule has 2 aromatic rings. The summed E-state index contributed by atoms with van der Waals surface area (Å²) in [5.41, 5.74) is 0.983. The maximum Gasteiger partial charge on any atom is 0.374 e. The number of nitrogens with one attached hydrogen (secondary N) is 1. The van der Waals surface area contributed by atoms with Gasteiger partial charge in [0.1, 0.15) is 5.82 Å². The maximum absolute atomic E-state index is 11.2. The summed E-state index contributed by atoms with van der Waals surface area (Å²) in [5, 5.41) is 13.4. The van der Waals surface area contributed by atoms with E-state index >= 15 is 0 Å². The number of benzene rings is 1. The first kappa shape index (κ1) is 13.8. The van der Waals surface area contributed by atoms with Crippen molar-refractivity contribution in [2.24, 2.45) is 11.3 Å². The molecule has 0 atom stereocenters. The van der Waals surface area contributed by atoms with Crippen LogP contribution in [0.4, 0.5) is 5.82 Å². The second kappa shape index (κ2) is 4.98. The standard InChI is InChI=1S/C16H19N3O2/c1-10(2)16(7-8-16)9-17-13-11-5-3-4-6-12(11)18-14(19-13)15(20)21/h3-6,10H,7-9H2,1-2H3,(H,20,21)(H,17,18,19). The van der Waals surface area contributed by atoms with E-state index in [2.05, 4.69) is 29.1 Å². The molecular weight excluding hydrogens is 266 g/mol. The van der Waals surface area contributed by atoms with Crippen molar-refractivity contribution < 1.29 is 9.90 Å². The average Bonchev–Trinajstić information content (AvgIpc) is 3.25. The van der Waals surface area contributed by atoms with Crippen molar-refractivity contribution in [3.05, 3.63) is 30.1 Å². The number of aromatic nitrogens is 2. The average molecular weight is 285 g/mol. The minimum absolute atomic E-state index is 0.161. The van der Waals surface area contributed by atoms with Crippen LogP contribution in [-0.2, 0) is 0 Å². The van der Waals surface area contributed by atoms with Crippen LogP contribution in [0.15, 0.2) is 24.3 Å². The number of carbonyl (C=O) groups is 1. The van der Waals surface area contributed by atoms with Crippen LogP contribution in [0.1, 0.15) is 37.3 Å². The van der Waals surface area contributed by atoms with Crippen LogP contribution >= 0.6 is 0 Å². The number of carboxylic acid groups (broad SMARTS) is 1. The molecule has 0 amide bonds. The molecule has 1 aliphatic rings. The van der Waals surface area contributed by atoms with Crippen molar-refractivity contribution in [3.8, 4) is 0 Å². The smallest absolute Gasteiger partial charge is 0.374 e. The summed E-state index contributed by atoms with van der Waals surface area (Å²) in [4.78, 5) is 19.4. The van der Waals surface area contributed by atoms with E-state index in [0.29, 0.717) is 22.7 Å². The summed E-state index contributed by atoms with van der Waals surface area (Å²) in [6, 6.07) is 7.48. The molecule has 0 bridgehead atoms. The molecule has 0 aliphatic heterocycles. The molecule has 1 heterocycles. The van der Waals surface area contributed by atoms with Crippen LogP contribution < -0.4 is 5.32 Å². The van der Waals surface area contributed by atoms with Crippen LogP contribution in [0.5, 0.6) is 0 Å². The van der Waals surface area contributed by atoms with Gasteiger partial charge in [-0.1, -0.05) is 26.0 Å². The molecule has 1 saturated carbocycles. The molecule has 21 heavy (non-hydrogen) atoms. The van der Waals surface area contributed by atoms with E-state index < -0.39 is 5.97 Å². The lowest BCUT2D eigenvalue weighted by atomic mass is 9.92. The number of aromatic carboxylic acids is 1. The number of carboxylic acids is 1. The first-order chi connectivity index (χ1) is 10.0. The monoisotopic (exact) mass is 285 g/mol. The van der Waals surface area contributed by atoms with Crippen molar-refractivity contribution >= 4 is 22.7 Å². The van der Waals surface area contributed by atoms with Gasteiger partial charge in [-0.3, -0.25) is 0 Å². The lowest BCUT2D eigenvalue weighted by Gasteiger charge is -2.21. The molecule has 0 spiro atoms. The Morgan fingerprint density at radius 3 is 2.67 bits per heavy atom. The van der Waals surface area contributed by atoms with E-state index in [-0.39, 0.29) is 5.82 Å². The number of hydrogen-bond acceptors (Lipinski definition) is 4. The molecule has 0 unspecified atom stereocenters. The lowest BCUT2D eigenvalue weighted by Crippen LogP contribution is -2.22. The highest BCUT2D eigenvalue weighted by Gasteiger charge is 2.45. The predicted octanol–water partition coefficient (Wildman–Crippen LogP) is 3.18. The lowest BCUT2D eigenvalue weighted by molar-refractivity contribution is 0.0684. The summed E-state index contributed by atoms with van der Waals surface area (Å²) in [6.07, 6.45) is 2.43. The largest absolute Gasteiger partial charge is 0.475 e. The van der Waals surface area contributed by atoms with Gasteiger partial charge < -0.3 is 10.4 Å². The summed E-state index contributed by atoms with van der Waals surface area (Å²) in [6.45, 7) is 5.29. The topological polar surface area (TPSA) is 75.1 Å². The second-order valence-electron chi connectivity index (χ2n) is 6.09. The molecule has 0 radical (unpaired) electrons. The number of fused-ring (bicyclic) bond motifs is 1. The Bertz CT molecular complexity index is 693. The van der Waals surface area contributed by atoms with Gasteiger partial charge in [0.2, 0.25) is 5.82 Å². The van der Waals surface area contributed by atoms with E-state index in [0.717, 1.165) is 11.9 Å². The van der Waals surface area contributed by atoms with Crippen LogP contribution in [0.25, 0.3) is 10.9 Å².